The Bertz CT molecular complexity index is 385. The highest BCUT2D eigenvalue weighted by molar-refractivity contribution is 5.64. The molecule has 1 aromatic rings. The highest BCUT2D eigenvalue weighted by Gasteiger charge is 2.16. The number of unbranched alkanes of at least 4 members (excludes halogenated alkanes) is 3. The van der Waals surface area contributed by atoms with Gasteiger partial charge in [-0.15, -0.1) is 0 Å². The summed E-state index contributed by atoms with van der Waals surface area (Å²) < 4.78 is 4.34. The second-order valence-electron chi connectivity index (χ2n) is 5.03. The fraction of sp³-hybridized carbons (Fsp3) is 0.733. The summed E-state index contributed by atoms with van der Waals surface area (Å²) >= 11 is 0. The molecule has 0 aromatic carbocycles. The van der Waals surface area contributed by atoms with Gasteiger partial charge in [-0.2, -0.15) is 0 Å². The van der Waals surface area contributed by atoms with E-state index in [1.807, 2.05) is 6.20 Å². The smallest absolute Gasteiger partial charge is 0.256 e. The summed E-state index contributed by atoms with van der Waals surface area (Å²) in [6.45, 7) is 5.92. The molecule has 0 N–H and O–H groups in total. The molecule has 0 aliphatic heterocycles. The molecule has 0 atom stereocenters. The van der Waals surface area contributed by atoms with Crippen LogP contribution in [0.3, 0.4) is 0 Å². The Kier molecular flexibility index (Phi) is 7.23. The lowest BCUT2D eigenvalue weighted by Crippen LogP contribution is -2.37. The minimum Gasteiger partial charge on any atom is -0.550 e. The number of carboxylic acids is 1. The molecule has 0 aliphatic carbocycles. The van der Waals surface area contributed by atoms with Crippen LogP contribution in [-0.4, -0.2) is 10.5 Å². The predicted molar refractivity (Wildman–Crippen MR) is 72.4 cm³/mol. The van der Waals surface area contributed by atoms with E-state index in [0.29, 0.717) is 6.54 Å². The third-order valence-electron chi connectivity index (χ3n) is 3.40. The number of aryl methyl sites for hydroxylation is 2. The third-order valence-corrected chi connectivity index (χ3v) is 3.40. The molecule has 0 bridgehead atoms. The summed E-state index contributed by atoms with van der Waals surface area (Å²) in [6.07, 6.45) is 11.1. The molecule has 0 saturated heterocycles. The third kappa shape index (κ3) is 5.45. The average Bonchev–Trinajstić information content (AvgIpc) is 2.77. The fourth-order valence-electron chi connectivity index (χ4n) is 2.27. The molecule has 0 amide bonds. The van der Waals surface area contributed by atoms with Crippen LogP contribution in [0.2, 0.25) is 0 Å². The molecule has 1 heterocycles. The van der Waals surface area contributed by atoms with Crippen molar-refractivity contribution < 1.29 is 14.5 Å². The first-order valence-electron chi connectivity index (χ1n) is 7.46. The van der Waals surface area contributed by atoms with Gasteiger partial charge >= 0.3 is 0 Å². The van der Waals surface area contributed by atoms with Gasteiger partial charge in [0.25, 0.3) is 5.82 Å². The molecule has 19 heavy (non-hydrogen) atoms. The zero-order valence-electron chi connectivity index (χ0n) is 12.2. The molecule has 0 fully saturated rings. The maximum Gasteiger partial charge on any atom is 0.256 e. The lowest BCUT2D eigenvalue weighted by Gasteiger charge is -2.05. The molecule has 0 aliphatic rings. The van der Waals surface area contributed by atoms with Crippen LogP contribution in [0.25, 0.3) is 0 Å². The Balaban J connectivity index is 2.70. The minimum atomic E-state index is -0.978. The van der Waals surface area contributed by atoms with Crippen molar-refractivity contribution in [3.63, 3.8) is 0 Å². The Morgan fingerprint density at radius 1 is 1.26 bits per heavy atom. The van der Waals surface area contributed by atoms with E-state index in [1.54, 1.807) is 0 Å². The van der Waals surface area contributed by atoms with E-state index in [9.17, 15) is 9.90 Å². The molecule has 4 nitrogen and oxygen atoms in total. The SMILES string of the molecule is CCCCCc1n(CCC(=O)[O-])cc[n+]1CCCC. The van der Waals surface area contributed by atoms with E-state index in [-0.39, 0.29) is 6.42 Å². The molecule has 4 heteroatoms. The molecular weight excluding hydrogens is 240 g/mol. The minimum absolute atomic E-state index is 0.0865. The molecule has 1 aromatic heterocycles. The van der Waals surface area contributed by atoms with Gasteiger partial charge in [-0.05, 0) is 12.8 Å². The van der Waals surface area contributed by atoms with Crippen LogP contribution in [-0.2, 0) is 24.3 Å². The number of carboxylic acid groups (broad SMARTS) is 1. The van der Waals surface area contributed by atoms with E-state index in [1.165, 1.54) is 25.1 Å². The fourth-order valence-corrected chi connectivity index (χ4v) is 2.27. The van der Waals surface area contributed by atoms with Crippen molar-refractivity contribution in [2.24, 2.45) is 0 Å². The second kappa shape index (κ2) is 8.73. The number of aliphatic carboxylic acids is 1. The van der Waals surface area contributed by atoms with Crippen LogP contribution in [0.4, 0.5) is 0 Å². The number of imidazole rings is 1. The van der Waals surface area contributed by atoms with Gasteiger partial charge < -0.3 is 9.90 Å². The van der Waals surface area contributed by atoms with Crippen LogP contribution in [0.1, 0.15) is 58.2 Å². The quantitative estimate of drug-likeness (QED) is 0.475. The summed E-state index contributed by atoms with van der Waals surface area (Å²) in [5, 5.41) is 10.6. The largest absolute Gasteiger partial charge is 0.550 e. The Morgan fingerprint density at radius 3 is 2.63 bits per heavy atom. The van der Waals surface area contributed by atoms with E-state index in [4.69, 9.17) is 0 Å². The number of aromatic nitrogens is 2. The lowest BCUT2D eigenvalue weighted by molar-refractivity contribution is -0.704. The normalized spacial score (nSPS) is 10.8. The van der Waals surface area contributed by atoms with Crippen molar-refractivity contribution >= 4 is 5.97 Å². The summed E-state index contributed by atoms with van der Waals surface area (Å²) in [7, 11) is 0. The predicted octanol–water partition coefficient (Wildman–Crippen LogP) is 1.45. The van der Waals surface area contributed by atoms with Gasteiger partial charge in [-0.25, -0.2) is 9.13 Å². The summed E-state index contributed by atoms with van der Waals surface area (Å²) in [4.78, 5) is 10.6. The molecule has 0 unspecified atom stereocenters. The van der Waals surface area contributed by atoms with Crippen LogP contribution in [0.5, 0.6) is 0 Å². The average molecular weight is 266 g/mol. The van der Waals surface area contributed by atoms with Gasteiger partial charge in [0, 0.05) is 18.8 Å². The summed E-state index contributed by atoms with van der Waals surface area (Å²) in [6, 6.07) is 0. The molecule has 0 saturated carbocycles. The maximum atomic E-state index is 10.6. The first-order chi connectivity index (χ1) is 9.19. The van der Waals surface area contributed by atoms with Crippen molar-refractivity contribution in [1.82, 2.24) is 4.57 Å². The van der Waals surface area contributed by atoms with Crippen molar-refractivity contribution in [2.75, 3.05) is 0 Å². The van der Waals surface area contributed by atoms with Crippen LogP contribution in [0, 0.1) is 0 Å². The Morgan fingerprint density at radius 2 is 2.00 bits per heavy atom. The first-order valence-corrected chi connectivity index (χ1v) is 7.46. The van der Waals surface area contributed by atoms with Crippen LogP contribution < -0.4 is 9.67 Å². The van der Waals surface area contributed by atoms with Crippen molar-refractivity contribution in [1.29, 1.82) is 0 Å². The first kappa shape index (κ1) is 15.7. The Hall–Kier alpha value is -1.32. The van der Waals surface area contributed by atoms with Gasteiger partial charge in [-0.3, -0.25) is 0 Å². The number of rotatable bonds is 10. The number of carbonyl (C=O) groups excluding carboxylic acids is 1. The molecule has 0 spiro atoms. The van der Waals surface area contributed by atoms with Crippen LogP contribution >= 0.6 is 0 Å². The lowest BCUT2D eigenvalue weighted by atomic mass is 10.2. The van der Waals surface area contributed by atoms with Crippen molar-refractivity contribution in [2.45, 2.75) is 71.9 Å². The monoisotopic (exact) mass is 266 g/mol. The summed E-state index contributed by atoms with van der Waals surface area (Å²) in [5.41, 5.74) is 0. The van der Waals surface area contributed by atoms with Crippen molar-refractivity contribution in [3.8, 4) is 0 Å². The van der Waals surface area contributed by atoms with Gasteiger partial charge in [-0.1, -0.05) is 33.1 Å². The molecule has 0 radical (unpaired) electrons. The van der Waals surface area contributed by atoms with E-state index < -0.39 is 5.97 Å². The zero-order chi connectivity index (χ0) is 14.1. The van der Waals surface area contributed by atoms with Crippen LogP contribution in [0.15, 0.2) is 12.4 Å². The summed E-state index contributed by atoms with van der Waals surface area (Å²) in [5.74, 6) is 0.275. The zero-order valence-corrected chi connectivity index (χ0v) is 12.2. The number of carbonyl (C=O) groups is 1. The molecular formula is C15H26N2O2. The Labute approximate surface area is 116 Å². The molecule has 108 valence electrons. The standard InChI is InChI=1S/C15H26N2O2/c1-3-5-7-8-14-16(10-6-4-2)12-13-17(14)11-9-15(18)19/h12-13H,3-11H2,1-2H3. The number of nitrogens with zero attached hydrogens (tertiary/aromatic N) is 2. The van der Waals surface area contributed by atoms with Gasteiger partial charge in [0.1, 0.15) is 12.4 Å². The number of hydrogen-bond donors (Lipinski definition) is 0. The molecule has 1 rings (SSSR count). The van der Waals surface area contributed by atoms with Gasteiger partial charge in [0.05, 0.1) is 13.1 Å². The number of hydrogen-bond acceptors (Lipinski definition) is 2. The topological polar surface area (TPSA) is 48.9 Å². The maximum absolute atomic E-state index is 10.6. The van der Waals surface area contributed by atoms with Gasteiger partial charge in [0.15, 0.2) is 0 Å². The van der Waals surface area contributed by atoms with E-state index in [0.717, 1.165) is 25.8 Å². The highest BCUT2D eigenvalue weighted by Crippen LogP contribution is 2.06. The van der Waals surface area contributed by atoms with Crippen molar-refractivity contribution in [3.05, 3.63) is 18.2 Å². The van der Waals surface area contributed by atoms with E-state index >= 15 is 0 Å². The highest BCUT2D eigenvalue weighted by atomic mass is 16.4. The second-order valence-corrected chi connectivity index (χ2v) is 5.03. The van der Waals surface area contributed by atoms with E-state index in [2.05, 4.69) is 29.2 Å². The van der Waals surface area contributed by atoms with Gasteiger partial charge in [0.2, 0.25) is 0 Å².